The van der Waals surface area contributed by atoms with Crippen LogP contribution in [0.3, 0.4) is 0 Å². The summed E-state index contributed by atoms with van der Waals surface area (Å²) in [5.74, 6) is -0.813. The lowest BCUT2D eigenvalue weighted by Crippen LogP contribution is -2.44. The Morgan fingerprint density at radius 3 is 2.67 bits per heavy atom. The first-order valence-corrected chi connectivity index (χ1v) is 6.73. The number of carboxylic acid groups (broad SMARTS) is 1. The fraction of sp³-hybridized carbons (Fsp3) is 0.500. The number of likely N-dealkylation sites (tertiary alicyclic amines) is 1. The minimum Gasteiger partial charge on any atom is -0.475 e. The van der Waals surface area contributed by atoms with E-state index in [0.717, 1.165) is 0 Å². The van der Waals surface area contributed by atoms with E-state index in [2.05, 4.69) is 6.07 Å². The maximum atomic E-state index is 12.2. The summed E-state index contributed by atoms with van der Waals surface area (Å²) < 4.78 is 5.13. The van der Waals surface area contributed by atoms with Crippen molar-refractivity contribution in [1.29, 1.82) is 5.26 Å². The molecule has 7 heteroatoms. The van der Waals surface area contributed by atoms with Crippen LogP contribution in [0.5, 0.6) is 0 Å². The monoisotopic (exact) mass is 291 g/mol. The highest BCUT2D eigenvalue weighted by Crippen LogP contribution is 2.18. The highest BCUT2D eigenvalue weighted by Gasteiger charge is 2.25. The first-order chi connectivity index (χ1) is 10.0. The third kappa shape index (κ3) is 3.54. The van der Waals surface area contributed by atoms with Crippen molar-refractivity contribution < 1.29 is 19.1 Å². The fourth-order valence-corrected chi connectivity index (χ4v) is 2.32. The summed E-state index contributed by atoms with van der Waals surface area (Å²) in [7, 11) is 1.64. The van der Waals surface area contributed by atoms with Crippen molar-refractivity contribution in [2.75, 3.05) is 20.1 Å². The number of furan rings is 1. The van der Waals surface area contributed by atoms with Crippen LogP contribution in [0, 0.1) is 17.2 Å². The Labute approximate surface area is 122 Å². The molecule has 0 aromatic carbocycles. The number of carboxylic acids is 1. The molecule has 112 valence electrons. The van der Waals surface area contributed by atoms with Gasteiger partial charge in [-0.25, -0.2) is 9.59 Å². The van der Waals surface area contributed by atoms with Crippen LogP contribution in [-0.2, 0) is 6.54 Å². The molecule has 1 aromatic rings. The normalized spacial score (nSPS) is 15.5. The average Bonchev–Trinajstić information content (AvgIpc) is 2.95. The Kier molecular flexibility index (Phi) is 4.48. The second-order valence-corrected chi connectivity index (χ2v) is 5.10. The number of carbonyl (C=O) groups is 2. The highest BCUT2D eigenvalue weighted by molar-refractivity contribution is 5.84. The van der Waals surface area contributed by atoms with Gasteiger partial charge in [0.15, 0.2) is 0 Å². The van der Waals surface area contributed by atoms with Crippen LogP contribution in [0.15, 0.2) is 16.5 Å². The minimum absolute atomic E-state index is 0.0301. The number of carbonyl (C=O) groups excluding carboxylic acids is 1. The molecule has 1 saturated heterocycles. The zero-order chi connectivity index (χ0) is 15.4. The minimum atomic E-state index is -1.13. The molecule has 1 fully saturated rings. The number of rotatable bonds is 3. The molecule has 2 amide bonds. The van der Waals surface area contributed by atoms with Gasteiger partial charge in [0.2, 0.25) is 5.76 Å². The van der Waals surface area contributed by atoms with Gasteiger partial charge in [0.25, 0.3) is 0 Å². The lowest BCUT2D eigenvalue weighted by molar-refractivity contribution is 0.0659. The molecule has 2 rings (SSSR count). The van der Waals surface area contributed by atoms with E-state index in [0.29, 0.717) is 31.7 Å². The van der Waals surface area contributed by atoms with Crippen molar-refractivity contribution in [2.24, 2.45) is 5.92 Å². The van der Waals surface area contributed by atoms with Crippen LogP contribution in [0.1, 0.15) is 29.2 Å². The summed E-state index contributed by atoms with van der Waals surface area (Å²) in [4.78, 5) is 26.2. The molecular formula is C14H17N3O4. The number of urea groups is 1. The van der Waals surface area contributed by atoms with Crippen LogP contribution in [-0.4, -0.2) is 47.0 Å². The molecule has 7 nitrogen and oxygen atoms in total. The lowest BCUT2D eigenvalue weighted by atomic mass is 9.99. The molecule has 0 unspecified atom stereocenters. The summed E-state index contributed by atoms with van der Waals surface area (Å²) in [6.07, 6.45) is 1.39. The van der Waals surface area contributed by atoms with E-state index in [9.17, 15) is 9.59 Å². The molecule has 0 aliphatic carbocycles. The quantitative estimate of drug-likeness (QED) is 0.915. The van der Waals surface area contributed by atoms with Crippen molar-refractivity contribution in [1.82, 2.24) is 9.80 Å². The van der Waals surface area contributed by atoms with Crippen LogP contribution in [0.2, 0.25) is 0 Å². The number of piperidine rings is 1. The largest absolute Gasteiger partial charge is 0.475 e. The van der Waals surface area contributed by atoms with E-state index >= 15 is 0 Å². The van der Waals surface area contributed by atoms with Crippen LogP contribution < -0.4 is 0 Å². The number of amides is 2. The van der Waals surface area contributed by atoms with Gasteiger partial charge in [0.05, 0.1) is 12.6 Å². The summed E-state index contributed by atoms with van der Waals surface area (Å²) in [5.41, 5.74) is 0. The number of hydrogen-bond acceptors (Lipinski definition) is 4. The summed E-state index contributed by atoms with van der Waals surface area (Å²) in [5, 5.41) is 17.6. The van der Waals surface area contributed by atoms with E-state index < -0.39 is 5.97 Å². The van der Waals surface area contributed by atoms with Crippen LogP contribution >= 0.6 is 0 Å². The van der Waals surface area contributed by atoms with E-state index in [-0.39, 0.29) is 24.3 Å². The van der Waals surface area contributed by atoms with Crippen molar-refractivity contribution in [3.05, 3.63) is 23.7 Å². The molecular weight excluding hydrogens is 274 g/mol. The Bertz CT molecular complexity index is 567. The molecule has 1 aliphatic rings. The van der Waals surface area contributed by atoms with Gasteiger partial charge in [0, 0.05) is 26.1 Å². The third-order valence-corrected chi connectivity index (χ3v) is 3.54. The highest BCUT2D eigenvalue weighted by atomic mass is 16.4. The zero-order valence-electron chi connectivity index (χ0n) is 11.8. The first kappa shape index (κ1) is 14.9. The summed E-state index contributed by atoms with van der Waals surface area (Å²) in [6.45, 7) is 1.35. The molecule has 0 spiro atoms. The second kappa shape index (κ2) is 6.31. The number of nitriles is 1. The van der Waals surface area contributed by atoms with Crippen molar-refractivity contribution in [3.8, 4) is 6.07 Å². The third-order valence-electron chi connectivity index (χ3n) is 3.54. The Balaban J connectivity index is 1.90. The van der Waals surface area contributed by atoms with Gasteiger partial charge < -0.3 is 19.3 Å². The predicted octanol–water partition coefficient (Wildman–Crippen LogP) is 1.77. The standard InChI is InChI=1S/C14H17N3O4/c1-16(9-11-2-3-12(21-11)13(18)19)14(20)17-6-4-10(8-15)5-7-17/h2-3,10H,4-7,9H2,1H3,(H,18,19). The SMILES string of the molecule is CN(Cc1ccc(C(=O)O)o1)C(=O)N1CCC(C#N)CC1. The zero-order valence-corrected chi connectivity index (χ0v) is 11.8. The van der Waals surface area contributed by atoms with Gasteiger partial charge in [-0.1, -0.05) is 0 Å². The molecule has 2 heterocycles. The molecule has 0 radical (unpaired) electrons. The van der Waals surface area contributed by atoms with Gasteiger partial charge in [0.1, 0.15) is 5.76 Å². The molecule has 1 N–H and O–H groups in total. The van der Waals surface area contributed by atoms with E-state index in [1.54, 1.807) is 18.0 Å². The molecule has 1 aromatic heterocycles. The van der Waals surface area contributed by atoms with E-state index in [4.69, 9.17) is 14.8 Å². The number of nitrogens with zero attached hydrogens (tertiary/aromatic N) is 3. The first-order valence-electron chi connectivity index (χ1n) is 6.73. The summed E-state index contributed by atoms with van der Waals surface area (Å²) >= 11 is 0. The van der Waals surface area contributed by atoms with Crippen LogP contribution in [0.4, 0.5) is 4.79 Å². The number of hydrogen-bond donors (Lipinski definition) is 1. The maximum absolute atomic E-state index is 12.2. The van der Waals surface area contributed by atoms with Gasteiger partial charge in [-0.2, -0.15) is 5.26 Å². The van der Waals surface area contributed by atoms with Gasteiger partial charge in [-0.15, -0.1) is 0 Å². The predicted molar refractivity (Wildman–Crippen MR) is 72.4 cm³/mol. The maximum Gasteiger partial charge on any atom is 0.371 e. The fourth-order valence-electron chi connectivity index (χ4n) is 2.32. The Morgan fingerprint density at radius 2 is 2.14 bits per heavy atom. The topological polar surface area (TPSA) is 97.8 Å². The van der Waals surface area contributed by atoms with Gasteiger partial charge in [-0.3, -0.25) is 0 Å². The van der Waals surface area contributed by atoms with Crippen LogP contribution in [0.25, 0.3) is 0 Å². The van der Waals surface area contributed by atoms with E-state index in [1.165, 1.54) is 11.0 Å². The average molecular weight is 291 g/mol. The van der Waals surface area contributed by atoms with Gasteiger partial charge >= 0.3 is 12.0 Å². The number of aromatic carboxylic acids is 1. The second-order valence-electron chi connectivity index (χ2n) is 5.10. The molecule has 0 saturated carbocycles. The van der Waals surface area contributed by atoms with Gasteiger partial charge in [-0.05, 0) is 25.0 Å². The molecule has 1 aliphatic heterocycles. The van der Waals surface area contributed by atoms with E-state index in [1.807, 2.05) is 0 Å². The molecule has 0 atom stereocenters. The Hall–Kier alpha value is -2.49. The smallest absolute Gasteiger partial charge is 0.371 e. The molecule has 21 heavy (non-hydrogen) atoms. The Morgan fingerprint density at radius 1 is 1.48 bits per heavy atom. The molecule has 0 bridgehead atoms. The van der Waals surface area contributed by atoms with Crippen molar-refractivity contribution in [2.45, 2.75) is 19.4 Å². The lowest BCUT2D eigenvalue weighted by Gasteiger charge is -2.32. The van der Waals surface area contributed by atoms with Crippen molar-refractivity contribution >= 4 is 12.0 Å². The summed E-state index contributed by atoms with van der Waals surface area (Å²) in [6, 6.07) is 5.00. The van der Waals surface area contributed by atoms with Crippen molar-refractivity contribution in [3.63, 3.8) is 0 Å².